The molecule has 24 heavy (non-hydrogen) atoms. The topological polar surface area (TPSA) is 187 Å². The van der Waals surface area contributed by atoms with Gasteiger partial charge in [-0.05, 0) is 6.08 Å². The quantitative estimate of drug-likeness (QED) is 0.170. The van der Waals surface area contributed by atoms with Crippen LogP contribution in [0.1, 0.15) is 0 Å². The van der Waals surface area contributed by atoms with Crippen molar-refractivity contribution in [2.45, 2.75) is 6.04 Å². The molecule has 0 aliphatic rings. The van der Waals surface area contributed by atoms with Crippen molar-refractivity contribution >= 4 is 142 Å². The van der Waals surface area contributed by atoms with Crippen LogP contribution in [0.5, 0.6) is 0 Å². The molecule has 0 rings (SSSR count). The van der Waals surface area contributed by atoms with E-state index in [9.17, 15) is 24.3 Å². The van der Waals surface area contributed by atoms with E-state index in [0.29, 0.717) is 0 Å². The summed E-state index contributed by atoms with van der Waals surface area (Å²) in [7, 11) is 0. The summed E-state index contributed by atoms with van der Waals surface area (Å²) >= 11 is 0. The number of carboxylic acid groups (broad SMARTS) is 4. The summed E-state index contributed by atoms with van der Waals surface area (Å²) in [5.74, 6) is -6.39. The Labute approximate surface area is 227 Å². The Morgan fingerprint density at radius 2 is 1.12 bits per heavy atom. The number of carbonyl (C=O) groups is 4. The van der Waals surface area contributed by atoms with Gasteiger partial charge in [-0.3, -0.25) is 4.48 Å². The van der Waals surface area contributed by atoms with E-state index >= 15 is 0 Å². The average molecular weight is 388 g/mol. The molecule has 0 fully saturated rings. The summed E-state index contributed by atoms with van der Waals surface area (Å²) < 4.78 is -1.24. The fourth-order valence-corrected chi connectivity index (χ4v) is 1.81. The molecular weight excluding hydrogens is 368 g/mol. The van der Waals surface area contributed by atoms with E-state index in [2.05, 4.69) is 6.58 Å². The fraction of sp³-hybridized carbons (Fsp3) is 0.400. The molecule has 0 aromatic rings. The van der Waals surface area contributed by atoms with Gasteiger partial charge in [-0.1, -0.05) is 6.58 Å². The number of nitrogens with zero attached hydrogens (tertiary/aromatic N) is 1. The monoisotopic (exact) mass is 388 g/mol. The van der Waals surface area contributed by atoms with Gasteiger partial charge in [0.05, 0.1) is 0 Å². The van der Waals surface area contributed by atoms with E-state index in [1.165, 1.54) is 0 Å². The van der Waals surface area contributed by atoms with Crippen LogP contribution in [-0.2, 0) is 19.2 Å². The molecule has 1 unspecified atom stereocenters. The Hall–Kier alpha value is 1.54. The number of hydrogen-bond donors (Lipinski definition) is 4. The van der Waals surface area contributed by atoms with E-state index in [4.69, 9.17) is 15.3 Å². The number of carboxylic acids is 4. The first-order valence-corrected chi connectivity index (χ1v) is 4.99. The summed E-state index contributed by atoms with van der Waals surface area (Å²) in [6.07, 6.45) is 0.768. The van der Waals surface area contributed by atoms with Crippen LogP contribution in [0.2, 0.25) is 0 Å². The predicted molar refractivity (Wildman–Crippen MR) is 90.4 cm³/mol. The van der Waals surface area contributed by atoms with Crippen molar-refractivity contribution in [3.05, 3.63) is 12.7 Å². The van der Waals surface area contributed by atoms with Crippen molar-refractivity contribution in [3.63, 3.8) is 0 Å². The van der Waals surface area contributed by atoms with Gasteiger partial charge < -0.3 is 31.4 Å². The van der Waals surface area contributed by atoms with Gasteiger partial charge in [0.1, 0.15) is 12.0 Å². The van der Waals surface area contributed by atoms with E-state index in [-0.39, 0.29) is 124 Å². The second kappa shape index (κ2) is 19.3. The van der Waals surface area contributed by atoms with E-state index in [1.807, 2.05) is 0 Å². The molecule has 0 saturated heterocycles. The normalized spacial score (nSPS) is 9.83. The van der Waals surface area contributed by atoms with Gasteiger partial charge in [0.15, 0.2) is 19.6 Å². The molecule has 122 valence electrons. The molecule has 14 heteroatoms. The Morgan fingerprint density at radius 1 is 0.875 bits per heavy atom. The maximum absolute atomic E-state index is 10.9. The average Bonchev–Trinajstić information content (AvgIpc) is 2.12. The molecule has 0 heterocycles. The van der Waals surface area contributed by atoms with Crippen LogP contribution in [-0.4, -0.2) is 188 Å². The third-order valence-electron chi connectivity index (χ3n) is 2.41. The molecule has 0 aliphatic carbocycles. The molecule has 0 aromatic carbocycles. The molecule has 0 aromatic heterocycles. The minimum atomic E-state index is -1.79. The molecule has 1 atom stereocenters. The first-order chi connectivity index (χ1) is 8.64. The Morgan fingerprint density at radius 3 is 1.25 bits per heavy atom. The van der Waals surface area contributed by atoms with Crippen LogP contribution >= 0.6 is 0 Å². The predicted octanol–water partition coefficient (Wildman–Crippen LogP) is -5.07. The Bertz CT molecular complexity index is 394. The van der Waals surface area contributed by atoms with Gasteiger partial charge in [-0.2, -0.15) is 0 Å². The Kier molecular flexibility index (Phi) is 32.4. The Balaban J connectivity index is -0.000000162. The van der Waals surface area contributed by atoms with E-state index in [1.54, 1.807) is 0 Å². The molecule has 0 bridgehead atoms. The number of aliphatic carboxylic acids is 4. The molecule has 0 amide bonds. The summed E-state index contributed by atoms with van der Waals surface area (Å²) in [6.45, 7) is 0.165. The fourth-order valence-electron chi connectivity index (χ4n) is 1.81. The van der Waals surface area contributed by atoms with Gasteiger partial charge in [0, 0.05) is 0 Å². The summed E-state index contributed by atoms with van der Waals surface area (Å²) in [5.41, 5.74) is 0. The standard InChI is InChI=1S/C10H13NO8.H3N.4Na.4H/c1-2-6(10(18)19)11(3-7(12)13,4-8(14)15)5-9(16)17;;;;;;;;;/h2,6H,1,3-5H2,(H3-,12,13,14,15,16,17,18,19);1H3;;;;;;;;. The zero-order valence-corrected chi connectivity index (χ0v) is 10.5. The molecule has 0 aliphatic heterocycles. The summed E-state index contributed by atoms with van der Waals surface area (Å²) in [5, 5.41) is 37.2. The summed E-state index contributed by atoms with van der Waals surface area (Å²) in [4.78, 5) is 43.3. The van der Waals surface area contributed by atoms with Crippen molar-refractivity contribution in [1.29, 1.82) is 0 Å². The zero-order valence-electron chi connectivity index (χ0n) is 10.5. The second-order valence-electron chi connectivity index (χ2n) is 3.87. The molecule has 0 radical (unpaired) electrons. The van der Waals surface area contributed by atoms with Crippen molar-refractivity contribution < 1.29 is 44.1 Å². The zero-order chi connectivity index (χ0) is 15.2. The van der Waals surface area contributed by atoms with Gasteiger partial charge in [0.25, 0.3) is 0 Å². The van der Waals surface area contributed by atoms with Crippen molar-refractivity contribution in [2.75, 3.05) is 19.6 Å². The number of hydrogen-bond acceptors (Lipinski definition) is 6. The molecule has 10 nitrogen and oxygen atoms in total. The van der Waals surface area contributed by atoms with Gasteiger partial charge in [0.2, 0.25) is 0 Å². The van der Waals surface area contributed by atoms with E-state index in [0.717, 1.165) is 6.08 Å². The first-order valence-electron chi connectivity index (χ1n) is 4.99. The first kappa shape index (κ1) is 40.3. The number of rotatable bonds is 9. The molecule has 0 spiro atoms. The van der Waals surface area contributed by atoms with Crippen LogP contribution in [0.3, 0.4) is 0 Å². The van der Waals surface area contributed by atoms with Crippen LogP contribution < -0.4 is 11.3 Å². The van der Waals surface area contributed by atoms with Crippen molar-refractivity contribution in [1.82, 2.24) is 6.15 Å². The minimum absolute atomic E-state index is 0. The molecular formula is C10H20N2Na4O8. The van der Waals surface area contributed by atoms with Crippen molar-refractivity contribution in [3.8, 4) is 0 Å². The summed E-state index contributed by atoms with van der Waals surface area (Å²) in [6, 6.07) is -1.76. The van der Waals surface area contributed by atoms with Gasteiger partial charge in [-0.25, -0.2) is 14.4 Å². The van der Waals surface area contributed by atoms with Crippen molar-refractivity contribution in [2.24, 2.45) is 0 Å². The third kappa shape index (κ3) is 14.7. The number of quaternary nitrogens is 1. The molecule has 6 N–H and O–H groups in total. The second-order valence-corrected chi connectivity index (χ2v) is 3.87. The SMILES string of the molecule is C=CC(C(=O)[O-])[N+](CC(=O)O)(CC(=O)O)CC(=O)O.N.[NaH].[NaH].[NaH].[NaH]. The van der Waals surface area contributed by atoms with Crippen LogP contribution in [0.4, 0.5) is 0 Å². The van der Waals surface area contributed by atoms with Crippen LogP contribution in [0, 0.1) is 0 Å². The van der Waals surface area contributed by atoms with E-state index < -0.39 is 54.0 Å². The van der Waals surface area contributed by atoms with Gasteiger partial charge in [-0.15, -0.1) is 0 Å². The molecule has 0 saturated carbocycles. The third-order valence-corrected chi connectivity index (χ3v) is 2.41. The van der Waals surface area contributed by atoms with Crippen LogP contribution in [0.15, 0.2) is 12.7 Å². The maximum atomic E-state index is 10.9. The van der Waals surface area contributed by atoms with Crippen LogP contribution in [0.25, 0.3) is 0 Å². The number of carbonyl (C=O) groups excluding carboxylic acids is 1. The van der Waals surface area contributed by atoms with Gasteiger partial charge >= 0.3 is 136 Å².